The van der Waals surface area contributed by atoms with Crippen LogP contribution in [-0.2, 0) is 11.3 Å². The maximum absolute atomic E-state index is 12.6. The number of pyridine rings is 1. The fourth-order valence-electron chi connectivity index (χ4n) is 3.22. The lowest BCUT2D eigenvalue weighted by Gasteiger charge is -2.27. The van der Waals surface area contributed by atoms with Crippen molar-refractivity contribution < 1.29 is 9.59 Å². The van der Waals surface area contributed by atoms with Gasteiger partial charge in [-0.3, -0.25) is 9.78 Å². The average molecular weight is 364 g/mol. The second-order valence-corrected chi connectivity index (χ2v) is 7.91. The highest BCUT2D eigenvalue weighted by Crippen LogP contribution is 2.26. The molecule has 2 amide bonds. The number of nitrogens with one attached hydrogen (secondary N) is 1. The largest absolute Gasteiger partial charge is 0.334 e. The Kier molecular flexibility index (Phi) is 8.80. The summed E-state index contributed by atoms with van der Waals surface area (Å²) in [4.78, 5) is 29.6. The molecule has 1 aliphatic carbocycles. The van der Waals surface area contributed by atoms with Crippen LogP contribution in [-0.4, -0.2) is 39.9 Å². The molecule has 1 N–H and O–H groups in total. The van der Waals surface area contributed by atoms with E-state index < -0.39 is 0 Å². The molecular formula is C19H29N3O2S. The summed E-state index contributed by atoms with van der Waals surface area (Å²) in [6.45, 7) is 3.45. The van der Waals surface area contributed by atoms with Crippen LogP contribution in [0, 0.1) is 5.92 Å². The van der Waals surface area contributed by atoms with E-state index in [1.807, 2.05) is 17.0 Å². The molecule has 5 nitrogen and oxygen atoms in total. The molecule has 0 aromatic carbocycles. The summed E-state index contributed by atoms with van der Waals surface area (Å²) in [5.74, 6) is 1.40. The smallest absolute Gasteiger partial charge is 0.317 e. The second-order valence-electron chi connectivity index (χ2n) is 6.63. The third-order valence-electron chi connectivity index (χ3n) is 4.68. The Labute approximate surface area is 155 Å². The van der Waals surface area contributed by atoms with E-state index in [2.05, 4.69) is 10.3 Å². The first-order chi connectivity index (χ1) is 12.1. The normalized spacial score (nSPS) is 14.9. The van der Waals surface area contributed by atoms with Crippen LogP contribution in [0.1, 0.15) is 51.0 Å². The van der Waals surface area contributed by atoms with E-state index in [4.69, 9.17) is 0 Å². The predicted octanol–water partition coefficient (Wildman–Crippen LogP) is 3.84. The van der Waals surface area contributed by atoms with Crippen molar-refractivity contribution in [2.45, 2.75) is 52.0 Å². The lowest BCUT2D eigenvalue weighted by Crippen LogP contribution is -2.42. The number of urea groups is 1. The van der Waals surface area contributed by atoms with Gasteiger partial charge in [0.25, 0.3) is 0 Å². The van der Waals surface area contributed by atoms with Gasteiger partial charge < -0.3 is 10.2 Å². The zero-order chi connectivity index (χ0) is 17.9. The van der Waals surface area contributed by atoms with Crippen molar-refractivity contribution >= 4 is 22.9 Å². The highest BCUT2D eigenvalue weighted by Gasteiger charge is 2.18. The van der Waals surface area contributed by atoms with Crippen molar-refractivity contribution in [2.75, 3.05) is 18.8 Å². The number of aromatic nitrogens is 1. The minimum Gasteiger partial charge on any atom is -0.334 e. The summed E-state index contributed by atoms with van der Waals surface area (Å²) in [5.41, 5.74) is 1.04. The molecule has 0 saturated heterocycles. The van der Waals surface area contributed by atoms with Crippen molar-refractivity contribution in [3.63, 3.8) is 0 Å². The van der Waals surface area contributed by atoms with E-state index >= 15 is 0 Å². The minimum absolute atomic E-state index is 0.0447. The Morgan fingerprint density at radius 2 is 1.92 bits per heavy atom. The van der Waals surface area contributed by atoms with Gasteiger partial charge >= 0.3 is 6.03 Å². The second kappa shape index (κ2) is 11.1. The quantitative estimate of drug-likeness (QED) is 0.762. The molecule has 1 aromatic rings. The van der Waals surface area contributed by atoms with Gasteiger partial charge in [-0.05, 0) is 30.0 Å². The molecule has 0 bridgehead atoms. The summed E-state index contributed by atoms with van der Waals surface area (Å²) in [7, 11) is 0. The number of carbonyl (C=O) groups excluding carboxylic acids is 2. The molecule has 0 aliphatic heterocycles. The van der Waals surface area contributed by atoms with Crippen molar-refractivity contribution in [1.29, 1.82) is 0 Å². The van der Waals surface area contributed by atoms with Crippen LogP contribution in [0.3, 0.4) is 0 Å². The SMILES string of the molecule is CC(=O)SCCN(CCC1CCCCC1)C(=O)NCc1ccncc1. The Balaban J connectivity index is 1.82. The molecule has 0 spiro atoms. The Morgan fingerprint density at radius 1 is 1.20 bits per heavy atom. The van der Waals surface area contributed by atoms with Gasteiger partial charge in [0.1, 0.15) is 0 Å². The minimum atomic E-state index is -0.0447. The number of hydrogen-bond acceptors (Lipinski definition) is 4. The van der Waals surface area contributed by atoms with E-state index in [1.165, 1.54) is 43.9 Å². The van der Waals surface area contributed by atoms with E-state index in [1.54, 1.807) is 19.3 Å². The Bertz CT molecular complexity index is 533. The van der Waals surface area contributed by atoms with Crippen molar-refractivity contribution in [1.82, 2.24) is 15.2 Å². The molecule has 25 heavy (non-hydrogen) atoms. The topological polar surface area (TPSA) is 62.3 Å². The fraction of sp³-hybridized carbons (Fsp3) is 0.632. The lowest BCUT2D eigenvalue weighted by molar-refractivity contribution is -0.109. The van der Waals surface area contributed by atoms with E-state index in [0.29, 0.717) is 18.8 Å². The van der Waals surface area contributed by atoms with Crippen LogP contribution < -0.4 is 5.32 Å². The molecular weight excluding hydrogens is 334 g/mol. The third-order valence-corrected chi connectivity index (χ3v) is 5.47. The van der Waals surface area contributed by atoms with Crippen molar-refractivity contribution in [3.05, 3.63) is 30.1 Å². The molecule has 1 heterocycles. The molecule has 0 radical (unpaired) electrons. The average Bonchev–Trinajstić information content (AvgIpc) is 2.64. The summed E-state index contributed by atoms with van der Waals surface area (Å²) in [6.07, 6.45) is 11.1. The molecule has 1 aromatic heterocycles. The first-order valence-electron chi connectivity index (χ1n) is 9.20. The highest BCUT2D eigenvalue weighted by atomic mass is 32.2. The Hall–Kier alpha value is -1.56. The monoisotopic (exact) mass is 363 g/mol. The molecule has 6 heteroatoms. The molecule has 1 fully saturated rings. The Morgan fingerprint density at radius 3 is 2.60 bits per heavy atom. The highest BCUT2D eigenvalue weighted by molar-refractivity contribution is 8.13. The van der Waals surface area contributed by atoms with Gasteiger partial charge in [-0.15, -0.1) is 0 Å². The fourth-order valence-corrected chi connectivity index (χ4v) is 3.82. The molecule has 1 aliphatic rings. The molecule has 2 rings (SSSR count). The van der Waals surface area contributed by atoms with E-state index in [0.717, 1.165) is 24.4 Å². The zero-order valence-electron chi connectivity index (χ0n) is 15.1. The van der Waals surface area contributed by atoms with Crippen LogP contribution >= 0.6 is 11.8 Å². The van der Waals surface area contributed by atoms with Crippen molar-refractivity contribution in [2.24, 2.45) is 5.92 Å². The zero-order valence-corrected chi connectivity index (χ0v) is 15.9. The maximum atomic E-state index is 12.6. The van der Waals surface area contributed by atoms with Gasteiger partial charge in [-0.1, -0.05) is 43.9 Å². The van der Waals surface area contributed by atoms with Crippen LogP contribution in [0.25, 0.3) is 0 Å². The van der Waals surface area contributed by atoms with Crippen LogP contribution in [0.5, 0.6) is 0 Å². The van der Waals surface area contributed by atoms with Gasteiger partial charge in [-0.25, -0.2) is 4.79 Å². The summed E-state index contributed by atoms with van der Waals surface area (Å²) >= 11 is 1.28. The number of nitrogens with zero attached hydrogens (tertiary/aromatic N) is 2. The van der Waals surface area contributed by atoms with Crippen LogP contribution in [0.2, 0.25) is 0 Å². The first-order valence-corrected chi connectivity index (χ1v) is 10.2. The number of thioether (sulfide) groups is 1. The summed E-state index contributed by atoms with van der Waals surface area (Å²) in [5, 5.41) is 3.09. The summed E-state index contributed by atoms with van der Waals surface area (Å²) < 4.78 is 0. The first kappa shape index (κ1) is 19.8. The molecule has 0 atom stereocenters. The van der Waals surface area contributed by atoms with Crippen molar-refractivity contribution in [3.8, 4) is 0 Å². The molecule has 0 unspecified atom stereocenters. The van der Waals surface area contributed by atoms with Crippen LogP contribution in [0.15, 0.2) is 24.5 Å². The van der Waals surface area contributed by atoms with Gasteiger partial charge in [0, 0.05) is 44.7 Å². The van der Waals surface area contributed by atoms with E-state index in [9.17, 15) is 9.59 Å². The lowest BCUT2D eigenvalue weighted by atomic mass is 9.87. The van der Waals surface area contributed by atoms with Crippen LogP contribution in [0.4, 0.5) is 4.79 Å². The predicted molar refractivity (Wildman–Crippen MR) is 102 cm³/mol. The molecule has 1 saturated carbocycles. The van der Waals surface area contributed by atoms with Gasteiger partial charge in [0.05, 0.1) is 0 Å². The van der Waals surface area contributed by atoms with Gasteiger partial charge in [-0.2, -0.15) is 0 Å². The van der Waals surface area contributed by atoms with E-state index in [-0.39, 0.29) is 11.1 Å². The van der Waals surface area contributed by atoms with Gasteiger partial charge in [0.15, 0.2) is 5.12 Å². The maximum Gasteiger partial charge on any atom is 0.317 e. The number of hydrogen-bond donors (Lipinski definition) is 1. The van der Waals surface area contributed by atoms with Gasteiger partial charge in [0.2, 0.25) is 0 Å². The number of carbonyl (C=O) groups is 2. The molecule has 138 valence electrons. The number of amides is 2. The number of rotatable bonds is 8. The third kappa shape index (κ3) is 7.90. The standard InChI is InChI=1S/C19H29N3O2S/c1-16(23)25-14-13-22(12-9-17-5-3-2-4-6-17)19(24)21-15-18-7-10-20-11-8-18/h7-8,10-11,17H,2-6,9,12-15H2,1H3,(H,21,24). The summed E-state index contributed by atoms with van der Waals surface area (Å²) in [6, 6.07) is 3.76.